The van der Waals surface area contributed by atoms with Gasteiger partial charge in [0.15, 0.2) is 5.65 Å². The van der Waals surface area contributed by atoms with Crippen molar-refractivity contribution >= 4 is 17.0 Å². The van der Waals surface area contributed by atoms with E-state index in [0.29, 0.717) is 18.9 Å². The lowest BCUT2D eigenvalue weighted by molar-refractivity contribution is 0.0918. The minimum atomic E-state index is 0.162. The van der Waals surface area contributed by atoms with Crippen LogP contribution in [-0.4, -0.2) is 39.3 Å². The molecule has 3 aromatic heterocycles. The van der Waals surface area contributed by atoms with Gasteiger partial charge in [0.25, 0.3) is 0 Å². The number of ether oxygens (including phenoxy) is 1. The van der Waals surface area contributed by atoms with Crippen LogP contribution in [0.3, 0.4) is 0 Å². The second kappa shape index (κ2) is 5.38. The fourth-order valence-corrected chi connectivity index (χ4v) is 2.95. The highest BCUT2D eigenvalue weighted by atomic mass is 16.5. The maximum Gasteiger partial charge on any atom is 0.180 e. The van der Waals surface area contributed by atoms with Crippen molar-refractivity contribution in [2.45, 2.75) is 6.04 Å². The van der Waals surface area contributed by atoms with Crippen molar-refractivity contribution in [3.63, 3.8) is 0 Å². The topological polar surface area (TPSA) is 56.1 Å². The highest BCUT2D eigenvalue weighted by Gasteiger charge is 2.27. The van der Waals surface area contributed by atoms with Gasteiger partial charge in [-0.15, -0.1) is 0 Å². The van der Waals surface area contributed by atoms with Gasteiger partial charge in [0.2, 0.25) is 0 Å². The van der Waals surface area contributed by atoms with Gasteiger partial charge in [0, 0.05) is 37.9 Å². The van der Waals surface area contributed by atoms with Gasteiger partial charge in [-0.2, -0.15) is 0 Å². The number of hydrogen-bond acceptors (Lipinski definition) is 5. The summed E-state index contributed by atoms with van der Waals surface area (Å²) in [4.78, 5) is 15.5. The zero-order chi connectivity index (χ0) is 14.9. The predicted molar refractivity (Wildman–Crippen MR) is 83.7 cm³/mol. The number of fused-ring (bicyclic) bond motifs is 1. The van der Waals surface area contributed by atoms with E-state index in [0.717, 1.165) is 17.9 Å². The first-order valence-corrected chi connectivity index (χ1v) is 7.36. The Bertz CT molecular complexity index is 800. The Morgan fingerprint density at radius 1 is 1.18 bits per heavy atom. The van der Waals surface area contributed by atoms with Crippen molar-refractivity contribution < 1.29 is 4.74 Å². The van der Waals surface area contributed by atoms with E-state index in [2.05, 4.69) is 49.8 Å². The van der Waals surface area contributed by atoms with Crippen LogP contribution in [0.25, 0.3) is 11.2 Å². The summed E-state index contributed by atoms with van der Waals surface area (Å²) in [5.74, 6) is 0.919. The van der Waals surface area contributed by atoms with Gasteiger partial charge in [-0.1, -0.05) is 0 Å². The van der Waals surface area contributed by atoms with E-state index in [1.165, 1.54) is 5.69 Å². The maximum atomic E-state index is 5.69. The zero-order valence-corrected chi connectivity index (χ0v) is 12.4. The number of anilines is 1. The highest BCUT2D eigenvalue weighted by molar-refractivity contribution is 5.71. The number of aromatic nitrogens is 4. The van der Waals surface area contributed by atoms with E-state index in [1.807, 2.05) is 12.1 Å². The Balaban J connectivity index is 1.75. The molecule has 0 radical (unpaired) electrons. The molecule has 0 bridgehead atoms. The van der Waals surface area contributed by atoms with Gasteiger partial charge in [0.05, 0.1) is 19.3 Å². The number of pyridine rings is 1. The summed E-state index contributed by atoms with van der Waals surface area (Å²) in [6, 6.07) is 8.34. The molecule has 1 aliphatic heterocycles. The van der Waals surface area contributed by atoms with E-state index in [-0.39, 0.29) is 6.04 Å². The lowest BCUT2D eigenvalue weighted by atomic mass is 10.1. The second-order valence-corrected chi connectivity index (χ2v) is 5.40. The largest absolute Gasteiger partial charge is 0.377 e. The first kappa shape index (κ1) is 13.2. The third-order valence-electron chi connectivity index (χ3n) is 4.07. The molecule has 1 saturated heterocycles. The van der Waals surface area contributed by atoms with Gasteiger partial charge in [-0.25, -0.2) is 9.97 Å². The molecule has 1 fully saturated rings. The lowest BCUT2D eigenvalue weighted by Gasteiger charge is -2.36. The molecular formula is C16H17N5O. The van der Waals surface area contributed by atoms with Gasteiger partial charge in [0.1, 0.15) is 11.3 Å². The van der Waals surface area contributed by atoms with Gasteiger partial charge in [-0.05, 0) is 24.3 Å². The van der Waals surface area contributed by atoms with E-state index < -0.39 is 0 Å². The van der Waals surface area contributed by atoms with Crippen LogP contribution in [-0.2, 0) is 11.8 Å². The fraction of sp³-hybridized carbons (Fsp3) is 0.312. The van der Waals surface area contributed by atoms with Crippen LogP contribution in [0.4, 0.5) is 5.82 Å². The van der Waals surface area contributed by atoms with Crippen LogP contribution >= 0.6 is 0 Å². The third-order valence-corrected chi connectivity index (χ3v) is 4.07. The Morgan fingerprint density at radius 3 is 2.95 bits per heavy atom. The van der Waals surface area contributed by atoms with Crippen LogP contribution in [0.15, 0.2) is 42.9 Å². The molecule has 0 aromatic carbocycles. The summed E-state index contributed by atoms with van der Waals surface area (Å²) in [6.45, 7) is 2.19. The summed E-state index contributed by atoms with van der Waals surface area (Å²) in [5, 5.41) is 0. The summed E-state index contributed by atoms with van der Waals surface area (Å²) in [6.07, 6.45) is 5.42. The van der Waals surface area contributed by atoms with Crippen LogP contribution < -0.4 is 4.90 Å². The Kier molecular flexibility index (Phi) is 3.23. The molecular weight excluding hydrogens is 278 g/mol. The molecule has 1 atom stereocenters. The Hall–Kier alpha value is -2.47. The van der Waals surface area contributed by atoms with Crippen molar-refractivity contribution in [2.24, 2.45) is 7.05 Å². The molecule has 0 spiro atoms. The number of rotatable bonds is 2. The van der Waals surface area contributed by atoms with Crippen LogP contribution in [0.1, 0.15) is 11.7 Å². The van der Waals surface area contributed by atoms with Gasteiger partial charge >= 0.3 is 0 Å². The number of hydrogen-bond donors (Lipinski definition) is 0. The monoisotopic (exact) mass is 295 g/mol. The van der Waals surface area contributed by atoms with Gasteiger partial charge in [-0.3, -0.25) is 4.98 Å². The van der Waals surface area contributed by atoms with Crippen molar-refractivity contribution in [1.82, 2.24) is 19.5 Å². The van der Waals surface area contributed by atoms with Crippen molar-refractivity contribution in [2.75, 3.05) is 24.7 Å². The average molecular weight is 295 g/mol. The molecule has 6 heteroatoms. The van der Waals surface area contributed by atoms with Gasteiger partial charge < -0.3 is 14.2 Å². The van der Waals surface area contributed by atoms with Crippen LogP contribution in [0.2, 0.25) is 0 Å². The Morgan fingerprint density at radius 2 is 2.09 bits per heavy atom. The molecule has 4 rings (SSSR count). The van der Waals surface area contributed by atoms with Crippen molar-refractivity contribution in [3.05, 3.63) is 48.5 Å². The quantitative estimate of drug-likeness (QED) is 0.723. The van der Waals surface area contributed by atoms with Crippen LogP contribution in [0.5, 0.6) is 0 Å². The maximum absolute atomic E-state index is 5.69. The smallest absolute Gasteiger partial charge is 0.180 e. The molecule has 0 aliphatic carbocycles. The normalized spacial score (nSPS) is 18.8. The number of aryl methyl sites for hydroxylation is 1. The number of nitrogens with zero attached hydrogens (tertiary/aromatic N) is 5. The third kappa shape index (κ3) is 2.21. The van der Waals surface area contributed by atoms with E-state index >= 15 is 0 Å². The predicted octanol–water partition coefficient (Wildman–Crippen LogP) is 1.94. The highest BCUT2D eigenvalue weighted by Crippen LogP contribution is 2.29. The average Bonchev–Trinajstić information content (AvgIpc) is 3.00. The molecule has 112 valence electrons. The number of morpholine rings is 1. The van der Waals surface area contributed by atoms with Crippen molar-refractivity contribution in [1.29, 1.82) is 0 Å². The second-order valence-electron chi connectivity index (χ2n) is 5.40. The molecule has 6 nitrogen and oxygen atoms in total. The fourth-order valence-electron chi connectivity index (χ4n) is 2.95. The first-order chi connectivity index (χ1) is 10.8. The first-order valence-electron chi connectivity index (χ1n) is 7.36. The molecule has 0 N–H and O–H groups in total. The minimum absolute atomic E-state index is 0.162. The lowest BCUT2D eigenvalue weighted by Crippen LogP contribution is -2.40. The van der Waals surface area contributed by atoms with E-state index in [9.17, 15) is 0 Å². The molecule has 22 heavy (non-hydrogen) atoms. The molecule has 3 aromatic rings. The SMILES string of the molecule is Cn1cccc1[C@H]1COCCN1c1ccc2nccnc2n1. The molecule has 0 saturated carbocycles. The summed E-state index contributed by atoms with van der Waals surface area (Å²) >= 11 is 0. The van der Waals surface area contributed by atoms with E-state index in [4.69, 9.17) is 4.74 Å². The Labute approximate surface area is 128 Å². The van der Waals surface area contributed by atoms with E-state index in [1.54, 1.807) is 12.4 Å². The molecule has 0 unspecified atom stereocenters. The molecule has 1 aliphatic rings. The zero-order valence-electron chi connectivity index (χ0n) is 12.4. The molecule has 0 amide bonds. The summed E-state index contributed by atoms with van der Waals surface area (Å²) in [5.41, 5.74) is 2.72. The summed E-state index contributed by atoms with van der Waals surface area (Å²) < 4.78 is 7.82. The minimum Gasteiger partial charge on any atom is -0.377 e. The standard InChI is InChI=1S/C16H17N5O/c1-20-8-2-3-13(20)14-11-22-10-9-21(14)15-5-4-12-16(19-15)18-7-6-17-12/h2-8,14H,9-11H2,1H3/t14-/m1/s1. The van der Waals surface area contributed by atoms with Crippen LogP contribution in [0, 0.1) is 0 Å². The summed E-state index contributed by atoms with van der Waals surface area (Å²) in [7, 11) is 2.06. The molecule has 4 heterocycles. The van der Waals surface area contributed by atoms with Crippen molar-refractivity contribution in [3.8, 4) is 0 Å².